The van der Waals surface area contributed by atoms with Crippen LogP contribution in [-0.2, 0) is 0 Å². The van der Waals surface area contributed by atoms with E-state index in [4.69, 9.17) is 0 Å². The first-order valence-electron chi connectivity index (χ1n) is 6.78. The molecule has 2 heterocycles. The lowest BCUT2D eigenvalue weighted by Crippen LogP contribution is -2.07. The average Bonchev–Trinajstić information content (AvgIpc) is 2.94. The summed E-state index contributed by atoms with van der Waals surface area (Å²) in [6.07, 6.45) is 0.181. The summed E-state index contributed by atoms with van der Waals surface area (Å²) in [5.74, 6) is -0.972. The number of anilines is 2. The molecular weight excluding hydrogens is 304 g/mol. The first kappa shape index (κ1) is 15.0. The lowest BCUT2D eigenvalue weighted by Gasteiger charge is -2.11. The van der Waals surface area contributed by atoms with E-state index in [0.29, 0.717) is 11.6 Å². The summed E-state index contributed by atoms with van der Waals surface area (Å²) in [4.78, 5) is 8.13. The molecule has 23 heavy (non-hydrogen) atoms. The van der Waals surface area contributed by atoms with Gasteiger partial charge in [0.1, 0.15) is 11.9 Å². The number of rotatable bonds is 4. The van der Waals surface area contributed by atoms with Crippen molar-refractivity contribution in [1.82, 2.24) is 20.2 Å². The number of nitrogens with one attached hydrogen (secondary N) is 2. The largest absolute Gasteiger partial charge is 0.380 e. The highest BCUT2D eigenvalue weighted by Crippen LogP contribution is 2.22. The number of aliphatic hydroxyl groups is 1. The van der Waals surface area contributed by atoms with Gasteiger partial charge in [0.15, 0.2) is 23.3 Å². The highest BCUT2D eigenvalue weighted by Gasteiger charge is 2.16. The van der Waals surface area contributed by atoms with Crippen molar-refractivity contribution in [2.75, 3.05) is 5.32 Å². The Morgan fingerprint density at radius 3 is 2.65 bits per heavy atom. The van der Waals surface area contributed by atoms with E-state index in [-0.39, 0.29) is 11.4 Å². The van der Waals surface area contributed by atoms with Crippen LogP contribution in [0.5, 0.6) is 0 Å². The van der Waals surface area contributed by atoms with Gasteiger partial charge in [-0.05, 0) is 30.7 Å². The molecule has 0 aliphatic heterocycles. The maximum Gasteiger partial charge on any atom is 0.163 e. The second kappa shape index (κ2) is 6.09. The van der Waals surface area contributed by atoms with Gasteiger partial charge in [-0.15, -0.1) is 0 Å². The molecule has 0 spiro atoms. The van der Waals surface area contributed by atoms with Crippen molar-refractivity contribution in [3.8, 4) is 0 Å². The Morgan fingerprint density at radius 1 is 1.13 bits per heavy atom. The number of aliphatic hydroxyl groups excluding tert-OH is 1. The molecule has 118 valence electrons. The van der Waals surface area contributed by atoms with Gasteiger partial charge in [0, 0.05) is 18.0 Å². The molecule has 1 aromatic carbocycles. The molecule has 2 aromatic heterocycles. The third kappa shape index (κ3) is 3.32. The standard InChI is InChI=1S/C15H13F2N5O/c1-8-6-13(22-21-8)19-12-4-5-18-15(20-12)14(23)9-2-3-10(16)11(17)7-9/h2-7,14,23H,1H3,(H2,18,19,20,21,22). The van der Waals surface area contributed by atoms with Crippen LogP contribution < -0.4 is 5.32 Å². The topological polar surface area (TPSA) is 86.7 Å². The van der Waals surface area contributed by atoms with E-state index in [2.05, 4.69) is 25.5 Å². The number of hydrogen-bond acceptors (Lipinski definition) is 5. The fraction of sp³-hybridized carbons (Fsp3) is 0.133. The maximum atomic E-state index is 13.3. The van der Waals surface area contributed by atoms with Crippen molar-refractivity contribution in [1.29, 1.82) is 0 Å². The third-order valence-corrected chi connectivity index (χ3v) is 3.14. The molecule has 0 fully saturated rings. The molecule has 3 aromatic rings. The Hall–Kier alpha value is -2.87. The molecule has 3 rings (SSSR count). The van der Waals surface area contributed by atoms with Crippen LogP contribution in [0.25, 0.3) is 0 Å². The van der Waals surface area contributed by atoms with Gasteiger partial charge in [0.25, 0.3) is 0 Å². The summed E-state index contributed by atoms with van der Waals surface area (Å²) in [6.45, 7) is 1.86. The Balaban J connectivity index is 1.84. The quantitative estimate of drug-likeness (QED) is 0.688. The Kier molecular flexibility index (Phi) is 3.98. The summed E-state index contributed by atoms with van der Waals surface area (Å²) in [7, 11) is 0. The molecular formula is C15H13F2N5O. The molecule has 0 aliphatic carbocycles. The lowest BCUT2D eigenvalue weighted by molar-refractivity contribution is 0.209. The van der Waals surface area contributed by atoms with E-state index in [1.807, 2.05) is 6.92 Å². The Bertz CT molecular complexity index is 836. The van der Waals surface area contributed by atoms with Crippen molar-refractivity contribution >= 4 is 11.6 Å². The van der Waals surface area contributed by atoms with Crippen LogP contribution in [0.15, 0.2) is 36.5 Å². The van der Waals surface area contributed by atoms with Crippen LogP contribution in [-0.4, -0.2) is 25.3 Å². The molecule has 0 aliphatic rings. The van der Waals surface area contributed by atoms with E-state index in [1.54, 1.807) is 12.1 Å². The number of halogens is 2. The van der Waals surface area contributed by atoms with Crippen LogP contribution in [0.1, 0.15) is 23.2 Å². The van der Waals surface area contributed by atoms with Gasteiger partial charge >= 0.3 is 0 Å². The van der Waals surface area contributed by atoms with Gasteiger partial charge in [0.2, 0.25) is 0 Å². The van der Waals surface area contributed by atoms with Crippen molar-refractivity contribution in [2.45, 2.75) is 13.0 Å². The number of aromatic nitrogens is 4. The molecule has 3 N–H and O–H groups in total. The second-order valence-electron chi connectivity index (χ2n) is 4.94. The van der Waals surface area contributed by atoms with Gasteiger partial charge in [-0.1, -0.05) is 6.07 Å². The number of aromatic amines is 1. The molecule has 6 nitrogen and oxygen atoms in total. The number of aryl methyl sites for hydroxylation is 1. The van der Waals surface area contributed by atoms with E-state index in [0.717, 1.165) is 17.8 Å². The van der Waals surface area contributed by atoms with E-state index in [9.17, 15) is 13.9 Å². The van der Waals surface area contributed by atoms with Crippen LogP contribution in [0.4, 0.5) is 20.4 Å². The molecule has 0 saturated heterocycles. The molecule has 8 heteroatoms. The predicted octanol–water partition coefficient (Wildman–Crippen LogP) is 2.61. The summed E-state index contributed by atoms with van der Waals surface area (Å²) in [6, 6.07) is 6.53. The summed E-state index contributed by atoms with van der Waals surface area (Å²) < 4.78 is 26.2. The van der Waals surface area contributed by atoms with Crippen LogP contribution >= 0.6 is 0 Å². The highest BCUT2D eigenvalue weighted by molar-refractivity contribution is 5.51. The lowest BCUT2D eigenvalue weighted by atomic mass is 10.1. The third-order valence-electron chi connectivity index (χ3n) is 3.14. The fourth-order valence-electron chi connectivity index (χ4n) is 2.02. The van der Waals surface area contributed by atoms with Crippen molar-refractivity contribution in [3.63, 3.8) is 0 Å². The predicted molar refractivity (Wildman–Crippen MR) is 79.1 cm³/mol. The Morgan fingerprint density at radius 2 is 1.96 bits per heavy atom. The van der Waals surface area contributed by atoms with Gasteiger partial charge in [0.05, 0.1) is 0 Å². The summed E-state index contributed by atoms with van der Waals surface area (Å²) in [5.41, 5.74) is 1.04. The summed E-state index contributed by atoms with van der Waals surface area (Å²) in [5, 5.41) is 20.0. The molecule has 0 radical (unpaired) electrons. The van der Waals surface area contributed by atoms with Crippen LogP contribution in [0.2, 0.25) is 0 Å². The zero-order valence-electron chi connectivity index (χ0n) is 12.1. The van der Waals surface area contributed by atoms with Crippen LogP contribution in [0, 0.1) is 18.6 Å². The normalized spacial score (nSPS) is 12.2. The van der Waals surface area contributed by atoms with Gasteiger partial charge < -0.3 is 10.4 Å². The number of H-pyrrole nitrogens is 1. The molecule has 1 atom stereocenters. The molecule has 0 saturated carbocycles. The zero-order valence-corrected chi connectivity index (χ0v) is 12.1. The van der Waals surface area contributed by atoms with E-state index in [1.165, 1.54) is 12.3 Å². The van der Waals surface area contributed by atoms with Crippen molar-refractivity contribution in [3.05, 3.63) is 65.2 Å². The van der Waals surface area contributed by atoms with Crippen LogP contribution in [0.3, 0.4) is 0 Å². The summed E-state index contributed by atoms with van der Waals surface area (Å²) >= 11 is 0. The molecule has 0 amide bonds. The maximum absolute atomic E-state index is 13.3. The minimum Gasteiger partial charge on any atom is -0.380 e. The first-order valence-corrected chi connectivity index (χ1v) is 6.78. The second-order valence-corrected chi connectivity index (χ2v) is 4.94. The number of nitrogens with zero attached hydrogens (tertiary/aromatic N) is 3. The first-order chi connectivity index (χ1) is 11.0. The molecule has 1 unspecified atom stereocenters. The monoisotopic (exact) mass is 317 g/mol. The highest BCUT2D eigenvalue weighted by atomic mass is 19.2. The van der Waals surface area contributed by atoms with E-state index >= 15 is 0 Å². The molecule has 0 bridgehead atoms. The fourth-order valence-corrected chi connectivity index (χ4v) is 2.02. The average molecular weight is 317 g/mol. The number of hydrogen-bond donors (Lipinski definition) is 3. The zero-order chi connectivity index (χ0) is 16.4. The van der Waals surface area contributed by atoms with Gasteiger partial charge in [-0.3, -0.25) is 5.10 Å². The van der Waals surface area contributed by atoms with Crippen molar-refractivity contribution in [2.24, 2.45) is 0 Å². The van der Waals surface area contributed by atoms with Gasteiger partial charge in [-0.2, -0.15) is 5.10 Å². The number of benzene rings is 1. The SMILES string of the molecule is Cc1cc(Nc2ccnc(C(O)c3ccc(F)c(F)c3)n2)n[nH]1. The minimum atomic E-state index is -1.27. The van der Waals surface area contributed by atoms with E-state index < -0.39 is 17.7 Å². The minimum absolute atomic E-state index is 0.0632. The smallest absolute Gasteiger partial charge is 0.163 e. The Labute approximate surface area is 130 Å². The van der Waals surface area contributed by atoms with Gasteiger partial charge in [-0.25, -0.2) is 18.7 Å². The van der Waals surface area contributed by atoms with Crippen molar-refractivity contribution < 1.29 is 13.9 Å².